The van der Waals surface area contributed by atoms with Gasteiger partial charge in [-0.1, -0.05) is 11.6 Å². The van der Waals surface area contributed by atoms with Crippen molar-refractivity contribution in [2.24, 2.45) is 0 Å². The fourth-order valence-corrected chi connectivity index (χ4v) is 4.14. The minimum Gasteiger partial charge on any atom is -0.496 e. The van der Waals surface area contributed by atoms with Crippen LogP contribution in [0.5, 0.6) is 17.2 Å². The van der Waals surface area contributed by atoms with Crippen LogP contribution < -0.4 is 19.5 Å². The van der Waals surface area contributed by atoms with E-state index in [9.17, 15) is 5.26 Å². The Hall–Kier alpha value is -3.40. The fraction of sp³-hybridized carbons (Fsp3) is 0.200. The maximum absolute atomic E-state index is 9.76. The summed E-state index contributed by atoms with van der Waals surface area (Å²) in [6.07, 6.45) is 1.55. The monoisotopic (exact) mass is 481 g/mol. The molecule has 168 valence electrons. The molecule has 8 heteroatoms. The number of pyridine rings is 1. The molecule has 3 aromatic carbocycles. The number of methoxy groups -OCH3 is 2. The van der Waals surface area contributed by atoms with Gasteiger partial charge in [0, 0.05) is 28.4 Å². The Morgan fingerprint density at radius 2 is 1.76 bits per heavy atom. The van der Waals surface area contributed by atoms with E-state index in [-0.39, 0.29) is 0 Å². The minimum atomic E-state index is 0.344. The number of benzene rings is 3. The summed E-state index contributed by atoms with van der Waals surface area (Å²) < 4.78 is 16.8. The van der Waals surface area contributed by atoms with Crippen LogP contribution in [-0.4, -0.2) is 31.7 Å². The van der Waals surface area contributed by atoms with Crippen molar-refractivity contribution in [1.29, 1.82) is 5.26 Å². The quantitative estimate of drug-likeness (QED) is 0.236. The number of nitrogens with zero attached hydrogens (tertiary/aromatic N) is 2. The molecule has 0 saturated heterocycles. The van der Waals surface area contributed by atoms with Gasteiger partial charge in [0.05, 0.1) is 47.6 Å². The number of hydrogen-bond donors (Lipinski definition) is 1. The first kappa shape index (κ1) is 22.8. The van der Waals surface area contributed by atoms with Crippen molar-refractivity contribution in [2.45, 2.75) is 6.92 Å². The summed E-state index contributed by atoms with van der Waals surface area (Å²) in [4.78, 5) is 4.59. The van der Waals surface area contributed by atoms with Crippen LogP contribution in [0.1, 0.15) is 11.1 Å². The molecule has 0 spiro atoms. The Labute approximate surface area is 201 Å². The van der Waals surface area contributed by atoms with Gasteiger partial charge in [0.2, 0.25) is 0 Å². The first-order valence-corrected chi connectivity index (χ1v) is 11.1. The van der Waals surface area contributed by atoms with E-state index in [1.807, 2.05) is 43.3 Å². The van der Waals surface area contributed by atoms with E-state index in [0.717, 1.165) is 21.7 Å². The zero-order chi connectivity index (χ0) is 23.5. The van der Waals surface area contributed by atoms with E-state index in [1.54, 1.807) is 20.4 Å². The standard InChI is InChI=1S/C25H21Cl2N3O3/c1-14-10-19(27)20(11-22(14)32-3)30-23-15(12-28)13-29-24-16-6-7-21(31-2)25(33-9-8-26)17(16)4-5-18(23)24/h4-7,10-11,13H,8-9H2,1-3H3,(H,29,30). The number of alkyl halides is 1. The third-order valence-corrected chi connectivity index (χ3v) is 5.82. The second-order valence-electron chi connectivity index (χ2n) is 7.28. The van der Waals surface area contributed by atoms with Gasteiger partial charge in [-0.3, -0.25) is 4.98 Å². The second-order valence-corrected chi connectivity index (χ2v) is 8.06. The van der Waals surface area contributed by atoms with Crippen LogP contribution in [0.4, 0.5) is 11.4 Å². The Kier molecular flexibility index (Phi) is 6.64. The molecule has 33 heavy (non-hydrogen) atoms. The van der Waals surface area contributed by atoms with E-state index >= 15 is 0 Å². The molecule has 0 unspecified atom stereocenters. The summed E-state index contributed by atoms with van der Waals surface area (Å²) in [6, 6.07) is 13.4. The van der Waals surface area contributed by atoms with Crippen LogP contribution in [0.3, 0.4) is 0 Å². The number of rotatable bonds is 7. The zero-order valence-electron chi connectivity index (χ0n) is 18.3. The van der Waals surface area contributed by atoms with Crippen LogP contribution in [0, 0.1) is 18.3 Å². The van der Waals surface area contributed by atoms with Crippen LogP contribution in [0.2, 0.25) is 5.02 Å². The van der Waals surface area contributed by atoms with Gasteiger partial charge in [0.15, 0.2) is 11.5 Å². The zero-order valence-corrected chi connectivity index (χ0v) is 19.8. The van der Waals surface area contributed by atoms with Gasteiger partial charge < -0.3 is 19.5 Å². The SMILES string of the molecule is COc1cc(Nc2c(C#N)cnc3c2ccc2c(OCCCl)c(OC)ccc23)c(Cl)cc1C. The highest BCUT2D eigenvalue weighted by Gasteiger charge is 2.17. The number of ether oxygens (including phenoxy) is 3. The topological polar surface area (TPSA) is 76.4 Å². The molecular formula is C25H21Cl2N3O3. The fourth-order valence-electron chi connectivity index (χ4n) is 3.79. The number of aryl methyl sites for hydroxylation is 1. The van der Waals surface area contributed by atoms with E-state index in [2.05, 4.69) is 16.4 Å². The molecule has 0 aliphatic heterocycles. The maximum Gasteiger partial charge on any atom is 0.169 e. The molecule has 0 radical (unpaired) electrons. The summed E-state index contributed by atoms with van der Waals surface area (Å²) in [7, 11) is 3.20. The van der Waals surface area contributed by atoms with Crippen molar-refractivity contribution in [3.05, 3.63) is 58.7 Å². The van der Waals surface area contributed by atoms with E-state index in [4.69, 9.17) is 37.4 Å². The van der Waals surface area contributed by atoms with Gasteiger partial charge in [0.25, 0.3) is 0 Å². The summed E-state index contributed by atoms with van der Waals surface area (Å²) in [5, 5.41) is 16.1. The van der Waals surface area contributed by atoms with Crippen LogP contribution in [0.25, 0.3) is 21.7 Å². The molecule has 1 heterocycles. The van der Waals surface area contributed by atoms with Crippen molar-refractivity contribution < 1.29 is 14.2 Å². The highest BCUT2D eigenvalue weighted by atomic mass is 35.5. The largest absolute Gasteiger partial charge is 0.496 e. The van der Waals surface area contributed by atoms with Crippen molar-refractivity contribution in [3.8, 4) is 23.3 Å². The molecule has 0 atom stereocenters. The normalized spacial score (nSPS) is 10.8. The number of hydrogen-bond acceptors (Lipinski definition) is 6. The van der Waals surface area contributed by atoms with Gasteiger partial charge in [-0.15, -0.1) is 11.6 Å². The lowest BCUT2D eigenvalue weighted by atomic mass is 10.0. The summed E-state index contributed by atoms with van der Waals surface area (Å²) >= 11 is 12.3. The van der Waals surface area contributed by atoms with Gasteiger partial charge in [0.1, 0.15) is 18.4 Å². The smallest absolute Gasteiger partial charge is 0.169 e. The highest BCUT2D eigenvalue weighted by molar-refractivity contribution is 6.33. The van der Waals surface area contributed by atoms with Crippen LogP contribution >= 0.6 is 23.2 Å². The lowest BCUT2D eigenvalue weighted by Gasteiger charge is -2.17. The highest BCUT2D eigenvalue weighted by Crippen LogP contribution is 2.41. The average Bonchev–Trinajstić information content (AvgIpc) is 2.83. The molecular weight excluding hydrogens is 461 g/mol. The average molecular weight is 482 g/mol. The lowest BCUT2D eigenvalue weighted by molar-refractivity contribution is 0.316. The van der Waals surface area contributed by atoms with Gasteiger partial charge in [-0.25, -0.2) is 0 Å². The molecule has 0 saturated carbocycles. The number of nitrogens with one attached hydrogen (secondary N) is 1. The molecule has 0 aliphatic carbocycles. The van der Waals surface area contributed by atoms with Crippen molar-refractivity contribution in [3.63, 3.8) is 0 Å². The lowest BCUT2D eigenvalue weighted by Crippen LogP contribution is -2.02. The number of halogens is 2. The minimum absolute atomic E-state index is 0.344. The molecule has 4 rings (SSSR count). The summed E-state index contributed by atoms with van der Waals surface area (Å²) in [5.74, 6) is 2.26. The molecule has 6 nitrogen and oxygen atoms in total. The van der Waals surface area contributed by atoms with Gasteiger partial charge in [-0.05, 0) is 42.8 Å². The number of aromatic nitrogens is 1. The molecule has 1 N–H and O–H groups in total. The summed E-state index contributed by atoms with van der Waals surface area (Å²) in [6.45, 7) is 2.26. The molecule has 4 aromatic rings. The third kappa shape index (κ3) is 4.18. The van der Waals surface area contributed by atoms with E-state index in [0.29, 0.717) is 57.2 Å². The van der Waals surface area contributed by atoms with Gasteiger partial charge in [-0.2, -0.15) is 5.26 Å². The van der Waals surface area contributed by atoms with Crippen LogP contribution in [0.15, 0.2) is 42.6 Å². The number of nitriles is 1. The molecule has 0 bridgehead atoms. The number of fused-ring (bicyclic) bond motifs is 3. The third-order valence-electron chi connectivity index (χ3n) is 5.36. The Morgan fingerprint density at radius 1 is 1.03 bits per heavy atom. The van der Waals surface area contributed by atoms with Crippen LogP contribution in [-0.2, 0) is 0 Å². The molecule has 1 aromatic heterocycles. The Morgan fingerprint density at radius 3 is 2.45 bits per heavy atom. The molecule has 0 fully saturated rings. The predicted molar refractivity (Wildman–Crippen MR) is 133 cm³/mol. The van der Waals surface area contributed by atoms with Crippen molar-refractivity contribution in [1.82, 2.24) is 4.98 Å². The Balaban J connectivity index is 1.94. The van der Waals surface area contributed by atoms with E-state index < -0.39 is 0 Å². The first-order chi connectivity index (χ1) is 16.0. The second kappa shape index (κ2) is 9.62. The maximum atomic E-state index is 9.76. The van der Waals surface area contributed by atoms with Crippen molar-refractivity contribution in [2.75, 3.05) is 32.0 Å². The first-order valence-electron chi connectivity index (χ1n) is 10.1. The predicted octanol–water partition coefficient (Wildman–Crippen LogP) is 6.60. The van der Waals surface area contributed by atoms with Gasteiger partial charge >= 0.3 is 0 Å². The van der Waals surface area contributed by atoms with Crippen molar-refractivity contribution >= 4 is 56.3 Å². The molecule has 0 amide bonds. The number of anilines is 2. The summed E-state index contributed by atoms with van der Waals surface area (Å²) in [5.41, 5.74) is 3.25. The molecule has 0 aliphatic rings. The Bertz CT molecular complexity index is 1400. The van der Waals surface area contributed by atoms with E-state index in [1.165, 1.54) is 0 Å².